The predicted molar refractivity (Wildman–Crippen MR) is 70.3 cm³/mol. The SMILES string of the molecule is CCCN(CCC)c1ccc(C(=N)N)cc1. The van der Waals surface area contributed by atoms with Crippen molar-refractivity contribution in [3.8, 4) is 0 Å². The van der Waals surface area contributed by atoms with E-state index in [1.54, 1.807) is 0 Å². The van der Waals surface area contributed by atoms with E-state index in [2.05, 4.69) is 18.7 Å². The largest absolute Gasteiger partial charge is 0.384 e. The Bertz CT molecular complexity index is 324. The summed E-state index contributed by atoms with van der Waals surface area (Å²) in [6.07, 6.45) is 2.29. The molecule has 0 heterocycles. The molecule has 0 aliphatic carbocycles. The van der Waals surface area contributed by atoms with E-state index in [9.17, 15) is 0 Å². The zero-order valence-corrected chi connectivity index (χ0v) is 10.2. The second-order valence-corrected chi connectivity index (χ2v) is 3.95. The molecular formula is C13H21N3. The lowest BCUT2D eigenvalue weighted by Gasteiger charge is -2.23. The van der Waals surface area contributed by atoms with Gasteiger partial charge >= 0.3 is 0 Å². The molecule has 3 heteroatoms. The standard InChI is InChI=1S/C13H21N3/c1-3-9-16(10-4-2)12-7-5-11(6-8-12)13(14)15/h5-8H,3-4,9-10H2,1-2H3,(H3,14,15). The molecule has 0 atom stereocenters. The first-order valence-corrected chi connectivity index (χ1v) is 5.88. The van der Waals surface area contributed by atoms with E-state index in [1.165, 1.54) is 5.69 Å². The number of nitrogens with two attached hydrogens (primary N) is 1. The van der Waals surface area contributed by atoms with Crippen LogP contribution < -0.4 is 10.6 Å². The quantitative estimate of drug-likeness (QED) is 0.571. The third-order valence-corrected chi connectivity index (χ3v) is 2.53. The average molecular weight is 219 g/mol. The lowest BCUT2D eigenvalue weighted by Crippen LogP contribution is -2.24. The van der Waals surface area contributed by atoms with E-state index in [0.29, 0.717) is 0 Å². The fraction of sp³-hybridized carbons (Fsp3) is 0.462. The smallest absolute Gasteiger partial charge is 0.122 e. The van der Waals surface area contributed by atoms with Gasteiger partial charge in [0.05, 0.1) is 0 Å². The molecule has 0 aliphatic heterocycles. The van der Waals surface area contributed by atoms with Crippen LogP contribution in [-0.2, 0) is 0 Å². The van der Waals surface area contributed by atoms with Crippen molar-refractivity contribution in [3.63, 3.8) is 0 Å². The van der Waals surface area contributed by atoms with Gasteiger partial charge in [0, 0.05) is 24.3 Å². The van der Waals surface area contributed by atoms with Gasteiger partial charge in [-0.2, -0.15) is 0 Å². The van der Waals surface area contributed by atoms with Crippen LogP contribution in [-0.4, -0.2) is 18.9 Å². The van der Waals surface area contributed by atoms with Gasteiger partial charge in [-0.25, -0.2) is 0 Å². The van der Waals surface area contributed by atoms with Crippen molar-refractivity contribution >= 4 is 11.5 Å². The molecule has 0 amide bonds. The van der Waals surface area contributed by atoms with Crippen molar-refractivity contribution in [2.24, 2.45) is 5.73 Å². The highest BCUT2D eigenvalue weighted by Gasteiger charge is 2.04. The Balaban J connectivity index is 2.80. The number of hydrogen-bond donors (Lipinski definition) is 2. The maximum atomic E-state index is 7.34. The van der Waals surface area contributed by atoms with Crippen LogP contribution in [0, 0.1) is 5.41 Å². The lowest BCUT2D eigenvalue weighted by atomic mass is 10.1. The van der Waals surface area contributed by atoms with E-state index in [1.807, 2.05) is 24.3 Å². The van der Waals surface area contributed by atoms with Gasteiger partial charge < -0.3 is 10.6 Å². The highest BCUT2D eigenvalue weighted by molar-refractivity contribution is 5.95. The van der Waals surface area contributed by atoms with Crippen LogP contribution in [0.25, 0.3) is 0 Å². The van der Waals surface area contributed by atoms with Gasteiger partial charge in [-0.05, 0) is 37.1 Å². The predicted octanol–water partition coefficient (Wildman–Crippen LogP) is 2.60. The zero-order chi connectivity index (χ0) is 12.0. The number of amidine groups is 1. The minimum absolute atomic E-state index is 0.129. The number of anilines is 1. The van der Waals surface area contributed by atoms with Crippen LogP contribution in [0.3, 0.4) is 0 Å². The Morgan fingerprint density at radius 1 is 1.12 bits per heavy atom. The summed E-state index contributed by atoms with van der Waals surface area (Å²) < 4.78 is 0. The molecule has 0 radical (unpaired) electrons. The Morgan fingerprint density at radius 3 is 2.00 bits per heavy atom. The van der Waals surface area contributed by atoms with Crippen molar-refractivity contribution in [3.05, 3.63) is 29.8 Å². The molecule has 3 nitrogen and oxygen atoms in total. The van der Waals surface area contributed by atoms with Crippen molar-refractivity contribution in [2.45, 2.75) is 26.7 Å². The van der Waals surface area contributed by atoms with Crippen LogP contribution >= 0.6 is 0 Å². The second-order valence-electron chi connectivity index (χ2n) is 3.95. The average Bonchev–Trinajstić information content (AvgIpc) is 2.29. The first kappa shape index (κ1) is 12.6. The van der Waals surface area contributed by atoms with Crippen LogP contribution in [0.4, 0.5) is 5.69 Å². The topological polar surface area (TPSA) is 53.1 Å². The maximum absolute atomic E-state index is 7.34. The molecule has 1 aromatic rings. The molecule has 0 aliphatic rings. The minimum atomic E-state index is 0.129. The number of hydrogen-bond acceptors (Lipinski definition) is 2. The third kappa shape index (κ3) is 3.26. The molecule has 0 fully saturated rings. The van der Waals surface area contributed by atoms with Gasteiger partial charge in [0.2, 0.25) is 0 Å². The second kappa shape index (κ2) is 6.16. The van der Waals surface area contributed by atoms with Crippen LogP contribution in [0.15, 0.2) is 24.3 Å². The van der Waals surface area contributed by atoms with E-state index >= 15 is 0 Å². The Labute approximate surface area is 97.8 Å². The molecule has 1 rings (SSSR count). The molecule has 16 heavy (non-hydrogen) atoms. The fourth-order valence-corrected chi connectivity index (χ4v) is 1.76. The van der Waals surface area contributed by atoms with E-state index in [-0.39, 0.29) is 5.84 Å². The summed E-state index contributed by atoms with van der Waals surface area (Å²) in [7, 11) is 0. The Morgan fingerprint density at radius 2 is 1.62 bits per heavy atom. The number of rotatable bonds is 6. The van der Waals surface area contributed by atoms with Gasteiger partial charge in [0.25, 0.3) is 0 Å². The van der Waals surface area contributed by atoms with Crippen molar-refractivity contribution in [1.29, 1.82) is 5.41 Å². The first-order valence-electron chi connectivity index (χ1n) is 5.88. The molecule has 3 N–H and O–H groups in total. The summed E-state index contributed by atoms with van der Waals surface area (Å²) in [6.45, 7) is 6.53. The molecule has 0 saturated carbocycles. The minimum Gasteiger partial charge on any atom is -0.384 e. The summed E-state index contributed by atoms with van der Waals surface area (Å²) >= 11 is 0. The molecular weight excluding hydrogens is 198 g/mol. The number of benzene rings is 1. The van der Waals surface area contributed by atoms with E-state index in [0.717, 1.165) is 31.5 Å². The molecule has 0 spiro atoms. The highest BCUT2D eigenvalue weighted by atomic mass is 15.1. The van der Waals surface area contributed by atoms with Crippen LogP contribution in [0.2, 0.25) is 0 Å². The van der Waals surface area contributed by atoms with Gasteiger partial charge in [-0.3, -0.25) is 5.41 Å². The molecule has 1 aromatic carbocycles. The fourth-order valence-electron chi connectivity index (χ4n) is 1.76. The molecule has 88 valence electrons. The number of nitrogens with zero attached hydrogens (tertiary/aromatic N) is 1. The highest BCUT2D eigenvalue weighted by Crippen LogP contribution is 2.15. The molecule has 0 unspecified atom stereocenters. The summed E-state index contributed by atoms with van der Waals surface area (Å²) in [5, 5.41) is 7.34. The molecule has 0 bridgehead atoms. The van der Waals surface area contributed by atoms with Gasteiger partial charge in [0.15, 0.2) is 0 Å². The van der Waals surface area contributed by atoms with Crippen molar-refractivity contribution in [2.75, 3.05) is 18.0 Å². The van der Waals surface area contributed by atoms with Crippen molar-refractivity contribution in [1.82, 2.24) is 0 Å². The number of nitrogens with one attached hydrogen (secondary N) is 1. The van der Waals surface area contributed by atoms with Gasteiger partial charge in [0.1, 0.15) is 5.84 Å². The third-order valence-electron chi connectivity index (χ3n) is 2.53. The summed E-state index contributed by atoms with van der Waals surface area (Å²) in [4.78, 5) is 2.36. The van der Waals surface area contributed by atoms with Gasteiger partial charge in [-0.1, -0.05) is 13.8 Å². The Hall–Kier alpha value is -1.51. The van der Waals surface area contributed by atoms with Crippen molar-refractivity contribution < 1.29 is 0 Å². The van der Waals surface area contributed by atoms with Gasteiger partial charge in [-0.15, -0.1) is 0 Å². The normalized spacial score (nSPS) is 10.1. The van der Waals surface area contributed by atoms with E-state index < -0.39 is 0 Å². The monoisotopic (exact) mass is 219 g/mol. The van der Waals surface area contributed by atoms with Crippen LogP contribution in [0.1, 0.15) is 32.3 Å². The maximum Gasteiger partial charge on any atom is 0.122 e. The molecule has 0 saturated heterocycles. The van der Waals surface area contributed by atoms with E-state index in [4.69, 9.17) is 11.1 Å². The summed E-state index contributed by atoms with van der Waals surface area (Å²) in [5.41, 5.74) is 7.43. The summed E-state index contributed by atoms with van der Waals surface area (Å²) in [5.74, 6) is 0.129. The lowest BCUT2D eigenvalue weighted by molar-refractivity contribution is 0.745. The Kier molecular flexibility index (Phi) is 4.83. The number of nitrogen functional groups attached to an aromatic ring is 1. The first-order chi connectivity index (χ1) is 7.69. The van der Waals surface area contributed by atoms with Crippen LogP contribution in [0.5, 0.6) is 0 Å². The summed E-state index contributed by atoms with van der Waals surface area (Å²) in [6, 6.07) is 7.91. The molecule has 0 aromatic heterocycles. The zero-order valence-electron chi connectivity index (χ0n) is 10.2.